The lowest BCUT2D eigenvalue weighted by Gasteiger charge is -2.42. The van der Waals surface area contributed by atoms with Gasteiger partial charge in [-0.25, -0.2) is 19.4 Å². The van der Waals surface area contributed by atoms with Gasteiger partial charge in [-0.05, 0) is 83.9 Å². The number of carbonyl (C=O) groups is 2. The second kappa shape index (κ2) is 9.14. The van der Waals surface area contributed by atoms with Gasteiger partial charge in [0.1, 0.15) is 17.1 Å². The van der Waals surface area contributed by atoms with Gasteiger partial charge in [-0.15, -0.1) is 0 Å². The average molecular weight is 498 g/mol. The molecule has 2 N–H and O–H groups in total. The fraction of sp³-hybridized carbons (Fsp3) is 0.591. The highest BCUT2D eigenvalue weighted by Crippen LogP contribution is 2.41. The molecule has 7 nitrogen and oxygen atoms in total. The summed E-state index contributed by atoms with van der Waals surface area (Å²) in [5.74, 6) is 0.00304. The Morgan fingerprint density at radius 3 is 2.71 bits per heavy atom. The van der Waals surface area contributed by atoms with E-state index in [4.69, 9.17) is 9.47 Å². The van der Waals surface area contributed by atoms with E-state index >= 15 is 0 Å². The van der Waals surface area contributed by atoms with Crippen LogP contribution in [0.15, 0.2) is 27.8 Å². The highest BCUT2D eigenvalue weighted by atomic mass is 79.9. The fourth-order valence-electron chi connectivity index (χ4n) is 4.23. The third-order valence-electron chi connectivity index (χ3n) is 5.53. The Bertz CT molecular complexity index is 876. The Balaban J connectivity index is 1.65. The fourth-order valence-corrected chi connectivity index (χ4v) is 4.76. The van der Waals surface area contributed by atoms with Gasteiger partial charge in [0.05, 0.1) is 0 Å². The van der Waals surface area contributed by atoms with Gasteiger partial charge in [-0.1, -0.05) is 15.9 Å². The molecule has 1 aromatic carbocycles. The minimum Gasteiger partial charge on any atom is -0.444 e. The Kier molecular flexibility index (Phi) is 6.93. The largest absolute Gasteiger partial charge is 0.444 e. The van der Waals surface area contributed by atoms with Gasteiger partial charge in [0.25, 0.3) is 0 Å². The van der Waals surface area contributed by atoms with Crippen LogP contribution in [0.3, 0.4) is 0 Å². The third kappa shape index (κ3) is 5.96. The van der Waals surface area contributed by atoms with E-state index < -0.39 is 23.4 Å². The van der Waals surface area contributed by atoms with Crippen LogP contribution in [-0.4, -0.2) is 35.1 Å². The number of ether oxygens (including phenoxy) is 2. The van der Waals surface area contributed by atoms with Crippen molar-refractivity contribution in [2.75, 3.05) is 0 Å². The molecule has 1 aliphatic carbocycles. The van der Waals surface area contributed by atoms with E-state index in [2.05, 4.69) is 31.8 Å². The van der Waals surface area contributed by atoms with Crippen molar-refractivity contribution < 1.29 is 23.5 Å². The van der Waals surface area contributed by atoms with Crippen molar-refractivity contribution in [2.45, 2.75) is 77.0 Å². The number of hydrazone groups is 1. The molecule has 1 saturated carbocycles. The van der Waals surface area contributed by atoms with Gasteiger partial charge in [0.15, 0.2) is 5.60 Å². The number of carbonyl (C=O) groups excluding carboxylic acids is 2. The van der Waals surface area contributed by atoms with E-state index in [1.54, 1.807) is 6.07 Å². The number of nitrogens with zero attached hydrogens (tertiary/aromatic N) is 1. The second-order valence-corrected chi connectivity index (χ2v) is 10.2. The van der Waals surface area contributed by atoms with Crippen LogP contribution in [0.2, 0.25) is 0 Å². The molecule has 1 fully saturated rings. The molecule has 2 amide bonds. The van der Waals surface area contributed by atoms with Gasteiger partial charge >= 0.3 is 12.2 Å². The number of halogens is 2. The molecule has 31 heavy (non-hydrogen) atoms. The molecule has 1 aliphatic heterocycles. The number of benzene rings is 1. The first-order valence-electron chi connectivity index (χ1n) is 10.5. The topological polar surface area (TPSA) is 89.0 Å². The monoisotopic (exact) mass is 497 g/mol. The lowest BCUT2D eigenvalue weighted by molar-refractivity contribution is 0.0147. The standard InChI is InChI=1S/C22H29BrFN3O4/c1-13(25-19(28)30-21(2,3)4)11-14-7-9-22(10-8-14)18(26-27-20(29)31-22)16-6-5-15(24)12-17(16)23/h5-6,12-14H,7-11H2,1-4H3,(H,25,28)(H,27,29)/t13-,14?,22?/m0/s1. The second-order valence-electron chi connectivity index (χ2n) is 9.31. The minimum atomic E-state index is -0.846. The maximum atomic E-state index is 13.6. The lowest BCUT2D eigenvalue weighted by atomic mass is 9.73. The number of amides is 2. The molecule has 2 aliphatic rings. The molecular formula is C22H29BrFN3O4. The van der Waals surface area contributed by atoms with Crippen molar-refractivity contribution in [1.82, 2.24) is 10.7 Å². The zero-order valence-corrected chi connectivity index (χ0v) is 19.8. The summed E-state index contributed by atoms with van der Waals surface area (Å²) < 4.78 is 25.2. The first-order chi connectivity index (χ1) is 14.5. The minimum absolute atomic E-state index is 0.0381. The average Bonchev–Trinajstić information content (AvgIpc) is 2.63. The maximum Gasteiger partial charge on any atom is 0.428 e. The summed E-state index contributed by atoms with van der Waals surface area (Å²) in [6.45, 7) is 7.45. The number of hydrogen-bond donors (Lipinski definition) is 2. The van der Waals surface area contributed by atoms with Gasteiger partial charge in [-0.2, -0.15) is 5.10 Å². The quantitative estimate of drug-likeness (QED) is 0.593. The van der Waals surface area contributed by atoms with Crippen molar-refractivity contribution in [2.24, 2.45) is 11.0 Å². The van der Waals surface area contributed by atoms with Gasteiger partial charge < -0.3 is 14.8 Å². The molecule has 3 rings (SSSR count). The molecule has 1 atom stereocenters. The van der Waals surface area contributed by atoms with Crippen molar-refractivity contribution in [3.63, 3.8) is 0 Å². The molecule has 170 valence electrons. The van der Waals surface area contributed by atoms with Crippen LogP contribution in [-0.2, 0) is 9.47 Å². The number of rotatable bonds is 4. The molecule has 0 bridgehead atoms. The summed E-state index contributed by atoms with van der Waals surface area (Å²) in [6.07, 6.45) is 2.63. The Morgan fingerprint density at radius 2 is 2.10 bits per heavy atom. The van der Waals surface area contributed by atoms with E-state index in [0.717, 1.165) is 19.3 Å². The van der Waals surface area contributed by atoms with E-state index in [-0.39, 0.29) is 11.9 Å². The van der Waals surface area contributed by atoms with E-state index in [0.29, 0.717) is 34.5 Å². The third-order valence-corrected chi connectivity index (χ3v) is 6.18. The summed E-state index contributed by atoms with van der Waals surface area (Å²) >= 11 is 3.39. The lowest BCUT2D eigenvalue weighted by Crippen LogP contribution is -2.52. The number of hydrogen-bond acceptors (Lipinski definition) is 5. The zero-order chi connectivity index (χ0) is 22.8. The van der Waals surface area contributed by atoms with Crippen molar-refractivity contribution in [3.05, 3.63) is 34.1 Å². The van der Waals surface area contributed by atoms with Crippen molar-refractivity contribution >= 4 is 33.8 Å². The molecule has 1 aromatic rings. The predicted molar refractivity (Wildman–Crippen MR) is 118 cm³/mol. The maximum absolute atomic E-state index is 13.6. The van der Waals surface area contributed by atoms with E-state index in [1.165, 1.54) is 12.1 Å². The summed E-state index contributed by atoms with van der Waals surface area (Å²) in [7, 11) is 0. The highest BCUT2D eigenvalue weighted by Gasteiger charge is 2.46. The Labute approximate surface area is 190 Å². The van der Waals surface area contributed by atoms with Crippen LogP contribution in [0.25, 0.3) is 0 Å². The van der Waals surface area contributed by atoms with Gasteiger partial charge in [-0.3, -0.25) is 0 Å². The first kappa shape index (κ1) is 23.5. The molecule has 0 radical (unpaired) electrons. The molecule has 9 heteroatoms. The van der Waals surface area contributed by atoms with E-state index in [1.807, 2.05) is 27.7 Å². The van der Waals surface area contributed by atoms with Crippen LogP contribution in [0.1, 0.15) is 65.4 Å². The first-order valence-corrected chi connectivity index (χ1v) is 11.3. The summed E-state index contributed by atoms with van der Waals surface area (Å²) in [5.41, 5.74) is 2.28. The van der Waals surface area contributed by atoms with Gasteiger partial charge in [0.2, 0.25) is 0 Å². The van der Waals surface area contributed by atoms with Crippen LogP contribution >= 0.6 is 15.9 Å². The molecular weight excluding hydrogens is 469 g/mol. The highest BCUT2D eigenvalue weighted by molar-refractivity contribution is 9.10. The van der Waals surface area contributed by atoms with Crippen LogP contribution < -0.4 is 10.7 Å². The number of nitrogens with one attached hydrogen (secondary N) is 2. The van der Waals surface area contributed by atoms with Crippen LogP contribution in [0, 0.1) is 11.7 Å². The summed E-state index contributed by atoms with van der Waals surface area (Å²) in [5, 5.41) is 7.16. The SMILES string of the molecule is C[C@@H](CC1CCC2(CC1)OC(=O)NN=C2c1ccc(F)cc1Br)NC(=O)OC(C)(C)C. The van der Waals surface area contributed by atoms with Crippen molar-refractivity contribution in [1.29, 1.82) is 0 Å². The molecule has 0 aromatic heterocycles. The molecule has 1 spiro atoms. The van der Waals surface area contributed by atoms with Crippen LogP contribution in [0.5, 0.6) is 0 Å². The normalized spacial score (nSPS) is 24.6. The van der Waals surface area contributed by atoms with Crippen molar-refractivity contribution in [3.8, 4) is 0 Å². The van der Waals surface area contributed by atoms with Crippen LogP contribution in [0.4, 0.5) is 14.0 Å². The van der Waals surface area contributed by atoms with Gasteiger partial charge in [0, 0.05) is 16.1 Å². The number of alkyl carbamates (subject to hydrolysis) is 1. The summed E-state index contributed by atoms with van der Waals surface area (Å²) in [4.78, 5) is 24.0. The Hall–Kier alpha value is -2.16. The smallest absolute Gasteiger partial charge is 0.428 e. The predicted octanol–water partition coefficient (Wildman–Crippen LogP) is 5.26. The zero-order valence-electron chi connectivity index (χ0n) is 18.3. The Morgan fingerprint density at radius 1 is 1.42 bits per heavy atom. The molecule has 1 heterocycles. The molecule has 0 saturated heterocycles. The van der Waals surface area contributed by atoms with E-state index in [9.17, 15) is 14.0 Å². The molecule has 0 unspecified atom stereocenters. The summed E-state index contributed by atoms with van der Waals surface area (Å²) in [6, 6.07) is 4.34.